The van der Waals surface area contributed by atoms with Gasteiger partial charge in [-0.3, -0.25) is 14.6 Å². The summed E-state index contributed by atoms with van der Waals surface area (Å²) < 4.78 is 5.84. The first-order valence-corrected chi connectivity index (χ1v) is 15.6. The monoisotopic (exact) mass is 611 g/mol. The molecule has 0 radical (unpaired) electrons. The van der Waals surface area contributed by atoms with E-state index in [0.29, 0.717) is 35.0 Å². The Morgan fingerprint density at radius 3 is 2.42 bits per heavy atom. The first-order chi connectivity index (χ1) is 21.8. The minimum absolute atomic E-state index is 0.275. The van der Waals surface area contributed by atoms with Crippen LogP contribution in [0.25, 0.3) is 11.3 Å². The van der Waals surface area contributed by atoms with Crippen molar-refractivity contribution in [3.63, 3.8) is 0 Å². The highest BCUT2D eigenvalue weighted by Gasteiger charge is 2.29. The topological polar surface area (TPSA) is 122 Å². The molecule has 2 aromatic carbocycles. The van der Waals surface area contributed by atoms with E-state index in [1.54, 1.807) is 7.11 Å². The summed E-state index contributed by atoms with van der Waals surface area (Å²) in [6.07, 6.45) is 6.25. The van der Waals surface area contributed by atoms with Gasteiger partial charge in [0.15, 0.2) is 0 Å². The molecule has 45 heavy (non-hydrogen) atoms. The van der Waals surface area contributed by atoms with E-state index in [9.17, 15) is 4.79 Å². The summed E-state index contributed by atoms with van der Waals surface area (Å²) in [6, 6.07) is 12.7. The Labute approximate surface area is 266 Å². The molecule has 2 fully saturated rings. The zero-order chi connectivity index (χ0) is 31.9. The summed E-state index contributed by atoms with van der Waals surface area (Å²) in [4.78, 5) is 29.0. The Balaban J connectivity index is 1.36. The summed E-state index contributed by atoms with van der Waals surface area (Å²) in [5.41, 5.74) is 5.52. The van der Waals surface area contributed by atoms with Crippen molar-refractivity contribution in [3.05, 3.63) is 60.9 Å². The van der Waals surface area contributed by atoms with Gasteiger partial charge < -0.3 is 31.0 Å². The smallest absolute Gasteiger partial charge is 0.247 e. The van der Waals surface area contributed by atoms with Crippen LogP contribution in [0, 0.1) is 5.41 Å². The highest BCUT2D eigenvalue weighted by atomic mass is 16.5. The number of anilines is 5. The summed E-state index contributed by atoms with van der Waals surface area (Å²) in [7, 11) is 3.47. The number of piperidine rings is 1. The number of hydrogen-bond donors (Lipinski definition) is 4. The molecule has 11 nitrogen and oxygen atoms in total. The number of nitrogens with one attached hydrogen (secondary N) is 4. The first kappa shape index (κ1) is 31.9. The number of rotatable bonds is 11. The standard InChI is InChI=1S/C34H45N9O2/c1-6-34(44)40-29-18-30(39-33-19-28(37-22-38-33)24-7-8-25(21-35)27(17-24)36-4)32(45-5)20-31(29)43-11-9-26(10-12-43)42-15-13-41(14-16-42)23(2)3/h6-8,17-23,26,35-36H,1,9-16H2,2-5H3,(H,40,44)(H,37,38,39). The van der Waals surface area contributed by atoms with E-state index < -0.39 is 0 Å². The second-order valence-corrected chi connectivity index (χ2v) is 11.8. The first-order valence-electron chi connectivity index (χ1n) is 15.6. The molecule has 1 aromatic heterocycles. The Hall–Kier alpha value is -4.48. The van der Waals surface area contributed by atoms with Gasteiger partial charge in [-0.2, -0.15) is 0 Å². The molecule has 2 saturated heterocycles. The minimum Gasteiger partial charge on any atom is -0.494 e. The van der Waals surface area contributed by atoms with E-state index in [4.69, 9.17) is 10.1 Å². The van der Waals surface area contributed by atoms with Crippen LogP contribution >= 0.6 is 0 Å². The number of aromatic nitrogens is 2. The molecule has 0 unspecified atom stereocenters. The molecule has 3 heterocycles. The number of nitrogens with zero attached hydrogens (tertiary/aromatic N) is 5. The van der Waals surface area contributed by atoms with Crippen LogP contribution in [0.1, 0.15) is 32.3 Å². The van der Waals surface area contributed by atoms with Crippen LogP contribution in [0.4, 0.5) is 28.6 Å². The maximum atomic E-state index is 12.5. The summed E-state index contributed by atoms with van der Waals surface area (Å²) >= 11 is 0. The highest BCUT2D eigenvalue weighted by Crippen LogP contribution is 2.40. The van der Waals surface area contributed by atoms with Crippen LogP contribution in [0.2, 0.25) is 0 Å². The lowest BCUT2D eigenvalue weighted by Crippen LogP contribution is -2.54. The fourth-order valence-electron chi connectivity index (χ4n) is 6.25. The van der Waals surface area contributed by atoms with E-state index in [1.165, 1.54) is 18.6 Å². The summed E-state index contributed by atoms with van der Waals surface area (Å²) in [5, 5.41) is 17.2. The second-order valence-electron chi connectivity index (χ2n) is 11.8. The zero-order valence-electron chi connectivity index (χ0n) is 26.8. The van der Waals surface area contributed by atoms with Gasteiger partial charge in [0, 0.05) is 93.6 Å². The van der Waals surface area contributed by atoms with Gasteiger partial charge in [-0.25, -0.2) is 9.97 Å². The van der Waals surface area contributed by atoms with Crippen molar-refractivity contribution in [1.82, 2.24) is 19.8 Å². The Morgan fingerprint density at radius 2 is 1.78 bits per heavy atom. The molecule has 0 spiro atoms. The fraction of sp³-hybridized carbons (Fsp3) is 0.412. The van der Waals surface area contributed by atoms with Gasteiger partial charge in [0.25, 0.3) is 0 Å². The summed E-state index contributed by atoms with van der Waals surface area (Å²) in [6.45, 7) is 14.5. The van der Waals surface area contributed by atoms with Crippen molar-refractivity contribution in [2.75, 3.05) is 74.3 Å². The van der Waals surface area contributed by atoms with Crippen molar-refractivity contribution in [2.45, 2.75) is 38.8 Å². The largest absolute Gasteiger partial charge is 0.494 e. The molecule has 0 bridgehead atoms. The number of methoxy groups -OCH3 is 1. The van der Waals surface area contributed by atoms with Crippen LogP contribution in [-0.2, 0) is 4.79 Å². The van der Waals surface area contributed by atoms with E-state index >= 15 is 0 Å². The lowest BCUT2D eigenvalue weighted by molar-refractivity contribution is -0.111. The number of amides is 1. The molecule has 2 aliphatic heterocycles. The van der Waals surface area contributed by atoms with Crippen molar-refractivity contribution in [3.8, 4) is 17.0 Å². The van der Waals surface area contributed by atoms with Gasteiger partial charge in [-0.05, 0) is 44.9 Å². The fourth-order valence-corrected chi connectivity index (χ4v) is 6.25. The third-order valence-corrected chi connectivity index (χ3v) is 8.87. The third kappa shape index (κ3) is 7.43. The van der Waals surface area contributed by atoms with Crippen LogP contribution in [0.3, 0.4) is 0 Å². The maximum Gasteiger partial charge on any atom is 0.247 e. The molecule has 0 aliphatic carbocycles. The molecule has 4 N–H and O–H groups in total. The average Bonchev–Trinajstić information content (AvgIpc) is 3.08. The molecule has 0 saturated carbocycles. The third-order valence-electron chi connectivity index (χ3n) is 8.87. The molecular weight excluding hydrogens is 566 g/mol. The number of carbonyl (C=O) groups is 1. The molecule has 0 atom stereocenters. The molecule has 11 heteroatoms. The molecule has 238 valence electrons. The van der Waals surface area contributed by atoms with Crippen molar-refractivity contribution in [1.29, 1.82) is 5.41 Å². The summed E-state index contributed by atoms with van der Waals surface area (Å²) in [5.74, 6) is 0.942. The predicted octanol–water partition coefficient (Wildman–Crippen LogP) is 5.05. The van der Waals surface area contributed by atoms with Gasteiger partial charge in [-0.15, -0.1) is 0 Å². The van der Waals surface area contributed by atoms with Crippen LogP contribution in [0.5, 0.6) is 5.75 Å². The number of carbonyl (C=O) groups excluding carboxylic acids is 1. The second kappa shape index (κ2) is 14.5. The highest BCUT2D eigenvalue weighted by molar-refractivity contribution is 6.02. The average molecular weight is 612 g/mol. The van der Waals surface area contributed by atoms with E-state index in [2.05, 4.69) is 61.0 Å². The van der Waals surface area contributed by atoms with Gasteiger partial charge in [0.05, 0.1) is 29.9 Å². The van der Waals surface area contributed by atoms with Gasteiger partial charge in [-0.1, -0.05) is 18.7 Å². The molecule has 1 amide bonds. The Bertz CT molecular complexity index is 1510. The molecular formula is C34H45N9O2. The number of ether oxygens (including phenoxy) is 1. The Kier molecular flexibility index (Phi) is 10.3. The van der Waals surface area contributed by atoms with Crippen molar-refractivity contribution < 1.29 is 9.53 Å². The number of hydrogen-bond acceptors (Lipinski definition) is 10. The lowest BCUT2D eigenvalue weighted by Gasteiger charge is -2.44. The lowest BCUT2D eigenvalue weighted by atomic mass is 10.0. The van der Waals surface area contributed by atoms with Gasteiger partial charge in [0.1, 0.15) is 17.9 Å². The van der Waals surface area contributed by atoms with E-state index in [-0.39, 0.29) is 5.91 Å². The number of piperazine rings is 1. The van der Waals surface area contributed by atoms with Crippen molar-refractivity contribution in [2.24, 2.45) is 0 Å². The van der Waals surface area contributed by atoms with E-state index in [1.807, 2.05) is 43.4 Å². The van der Waals surface area contributed by atoms with Crippen LogP contribution in [-0.4, -0.2) is 97.4 Å². The number of benzene rings is 2. The van der Waals surface area contributed by atoms with Crippen molar-refractivity contribution >= 4 is 40.7 Å². The quantitative estimate of drug-likeness (QED) is 0.174. The van der Waals surface area contributed by atoms with Crippen LogP contribution in [0.15, 0.2) is 55.4 Å². The zero-order valence-corrected chi connectivity index (χ0v) is 26.8. The normalized spacial score (nSPS) is 16.3. The van der Waals surface area contributed by atoms with E-state index in [0.717, 1.165) is 80.3 Å². The van der Waals surface area contributed by atoms with Crippen LogP contribution < -0.4 is 25.6 Å². The molecule has 5 rings (SSSR count). The van der Waals surface area contributed by atoms with Gasteiger partial charge >= 0.3 is 0 Å². The SMILES string of the molecule is C=CC(=O)Nc1cc(Nc2cc(-c3ccc(C=N)c(NC)c3)ncn2)c(OC)cc1N1CCC(N2CCN(C(C)C)CC2)CC1. The molecule has 2 aliphatic rings. The molecule has 3 aromatic rings. The maximum absolute atomic E-state index is 12.5. The van der Waals surface area contributed by atoms with Gasteiger partial charge in [0.2, 0.25) is 5.91 Å². The minimum atomic E-state index is -0.275. The predicted molar refractivity (Wildman–Crippen MR) is 184 cm³/mol. The Morgan fingerprint density at radius 1 is 1.02 bits per heavy atom.